The SMILES string of the molecule is CN(C)C1(C(O)Cc2cccnc2)CCCCC1. The molecule has 1 saturated carbocycles. The Bertz CT molecular complexity index is 358. The Morgan fingerprint density at radius 3 is 2.61 bits per heavy atom. The van der Waals surface area contributed by atoms with Crippen molar-refractivity contribution in [1.82, 2.24) is 9.88 Å². The zero-order chi connectivity index (χ0) is 13.0. The Kier molecular flexibility index (Phi) is 4.36. The Hall–Kier alpha value is -0.930. The maximum Gasteiger partial charge on any atom is 0.0764 e. The van der Waals surface area contributed by atoms with Gasteiger partial charge in [0, 0.05) is 24.4 Å². The normalized spacial score (nSPS) is 20.9. The molecule has 1 atom stereocenters. The summed E-state index contributed by atoms with van der Waals surface area (Å²) in [5.41, 5.74) is 1.07. The second-order valence-electron chi connectivity index (χ2n) is 5.64. The molecule has 1 aliphatic rings. The van der Waals surface area contributed by atoms with Crippen LogP contribution < -0.4 is 0 Å². The number of likely N-dealkylation sites (N-methyl/N-ethyl adjacent to an activating group) is 1. The molecule has 0 amide bonds. The van der Waals surface area contributed by atoms with Crippen molar-refractivity contribution in [1.29, 1.82) is 0 Å². The van der Waals surface area contributed by atoms with Crippen LogP contribution in [0.1, 0.15) is 37.7 Å². The van der Waals surface area contributed by atoms with Gasteiger partial charge in [0.25, 0.3) is 0 Å². The maximum atomic E-state index is 10.7. The fourth-order valence-electron chi connectivity index (χ4n) is 3.17. The van der Waals surface area contributed by atoms with Crippen LogP contribution in [0.4, 0.5) is 0 Å². The van der Waals surface area contributed by atoms with Crippen molar-refractivity contribution in [2.45, 2.75) is 50.2 Å². The third-order valence-electron chi connectivity index (χ3n) is 4.38. The molecular formula is C15H24N2O. The van der Waals surface area contributed by atoms with Gasteiger partial charge >= 0.3 is 0 Å². The molecule has 2 rings (SSSR count). The van der Waals surface area contributed by atoms with Gasteiger partial charge in [-0.1, -0.05) is 25.3 Å². The third-order valence-corrected chi connectivity index (χ3v) is 4.38. The van der Waals surface area contributed by atoms with Crippen molar-refractivity contribution in [3.05, 3.63) is 30.1 Å². The molecule has 0 aliphatic heterocycles. The lowest BCUT2D eigenvalue weighted by Gasteiger charge is -2.46. The molecule has 18 heavy (non-hydrogen) atoms. The number of aliphatic hydroxyl groups is 1. The minimum atomic E-state index is -0.308. The summed E-state index contributed by atoms with van der Waals surface area (Å²) in [5, 5.41) is 10.7. The Morgan fingerprint density at radius 2 is 2.06 bits per heavy atom. The standard InChI is InChI=1S/C15H24N2O/c1-17(2)15(8-4-3-5-9-15)14(18)11-13-7-6-10-16-12-13/h6-7,10,12,14,18H,3-5,8-9,11H2,1-2H3. The number of nitrogens with zero attached hydrogens (tertiary/aromatic N) is 2. The molecule has 1 aromatic heterocycles. The number of hydrogen-bond acceptors (Lipinski definition) is 3. The van der Waals surface area contributed by atoms with Gasteiger partial charge in [0.15, 0.2) is 0 Å². The van der Waals surface area contributed by atoms with E-state index in [1.165, 1.54) is 19.3 Å². The van der Waals surface area contributed by atoms with Crippen molar-refractivity contribution in [2.75, 3.05) is 14.1 Å². The van der Waals surface area contributed by atoms with E-state index in [1.807, 2.05) is 18.3 Å². The number of pyridine rings is 1. The van der Waals surface area contributed by atoms with E-state index in [1.54, 1.807) is 6.20 Å². The summed E-state index contributed by atoms with van der Waals surface area (Å²) in [4.78, 5) is 6.36. The van der Waals surface area contributed by atoms with E-state index in [0.717, 1.165) is 18.4 Å². The number of aromatic nitrogens is 1. The first kappa shape index (κ1) is 13.5. The smallest absolute Gasteiger partial charge is 0.0764 e. The van der Waals surface area contributed by atoms with Gasteiger partial charge in [0.2, 0.25) is 0 Å². The maximum absolute atomic E-state index is 10.7. The molecule has 0 saturated heterocycles. The van der Waals surface area contributed by atoms with Crippen molar-refractivity contribution < 1.29 is 5.11 Å². The van der Waals surface area contributed by atoms with Crippen LogP contribution in [-0.2, 0) is 6.42 Å². The lowest BCUT2D eigenvalue weighted by molar-refractivity contribution is -0.0310. The summed E-state index contributed by atoms with van der Waals surface area (Å²) in [5.74, 6) is 0. The van der Waals surface area contributed by atoms with Crippen LogP contribution in [0, 0.1) is 0 Å². The van der Waals surface area contributed by atoms with Gasteiger partial charge in [-0.05, 0) is 38.6 Å². The lowest BCUT2D eigenvalue weighted by atomic mass is 9.75. The fourth-order valence-corrected chi connectivity index (χ4v) is 3.17. The van der Waals surface area contributed by atoms with E-state index in [4.69, 9.17) is 0 Å². The minimum absolute atomic E-state index is 0.0475. The number of aliphatic hydroxyl groups excluding tert-OH is 1. The van der Waals surface area contributed by atoms with E-state index in [9.17, 15) is 5.11 Å². The van der Waals surface area contributed by atoms with E-state index in [0.29, 0.717) is 6.42 Å². The quantitative estimate of drug-likeness (QED) is 0.888. The molecule has 1 N–H and O–H groups in total. The predicted molar refractivity (Wildman–Crippen MR) is 73.5 cm³/mol. The average Bonchev–Trinajstić information content (AvgIpc) is 2.40. The highest BCUT2D eigenvalue weighted by Gasteiger charge is 2.40. The van der Waals surface area contributed by atoms with Gasteiger partial charge < -0.3 is 10.0 Å². The summed E-state index contributed by atoms with van der Waals surface area (Å²) in [6, 6.07) is 3.98. The van der Waals surface area contributed by atoms with Crippen molar-refractivity contribution in [3.63, 3.8) is 0 Å². The molecule has 3 heteroatoms. The van der Waals surface area contributed by atoms with Crippen molar-refractivity contribution >= 4 is 0 Å². The van der Waals surface area contributed by atoms with Crippen molar-refractivity contribution in [2.24, 2.45) is 0 Å². The molecule has 0 spiro atoms. The second-order valence-corrected chi connectivity index (χ2v) is 5.64. The van der Waals surface area contributed by atoms with Gasteiger partial charge in [-0.25, -0.2) is 0 Å². The van der Waals surface area contributed by atoms with E-state index < -0.39 is 0 Å². The van der Waals surface area contributed by atoms with Crippen LogP contribution in [0.2, 0.25) is 0 Å². The molecule has 1 unspecified atom stereocenters. The van der Waals surface area contributed by atoms with Crippen LogP contribution in [0.3, 0.4) is 0 Å². The van der Waals surface area contributed by atoms with E-state index in [-0.39, 0.29) is 11.6 Å². The zero-order valence-corrected chi connectivity index (χ0v) is 11.5. The van der Waals surface area contributed by atoms with E-state index in [2.05, 4.69) is 24.0 Å². The highest BCUT2D eigenvalue weighted by atomic mass is 16.3. The molecule has 100 valence electrons. The highest BCUT2D eigenvalue weighted by Crippen LogP contribution is 2.36. The second kappa shape index (κ2) is 5.81. The van der Waals surface area contributed by atoms with Gasteiger partial charge in [-0.15, -0.1) is 0 Å². The van der Waals surface area contributed by atoms with Crippen LogP contribution >= 0.6 is 0 Å². The molecule has 0 radical (unpaired) electrons. The summed E-state index contributed by atoms with van der Waals surface area (Å²) in [6.45, 7) is 0. The first-order valence-corrected chi connectivity index (χ1v) is 6.89. The number of hydrogen-bond donors (Lipinski definition) is 1. The first-order chi connectivity index (χ1) is 8.65. The molecule has 1 heterocycles. The Labute approximate surface area is 110 Å². The fraction of sp³-hybridized carbons (Fsp3) is 0.667. The predicted octanol–water partition coefficient (Wildman–Crippen LogP) is 2.25. The molecule has 0 aromatic carbocycles. The van der Waals surface area contributed by atoms with Crippen LogP contribution in [0.15, 0.2) is 24.5 Å². The average molecular weight is 248 g/mol. The zero-order valence-electron chi connectivity index (χ0n) is 11.5. The third kappa shape index (κ3) is 2.73. The topological polar surface area (TPSA) is 36.4 Å². The highest BCUT2D eigenvalue weighted by molar-refractivity contribution is 5.12. The molecular weight excluding hydrogens is 224 g/mol. The molecule has 1 fully saturated rings. The van der Waals surface area contributed by atoms with Crippen LogP contribution in [0.5, 0.6) is 0 Å². The molecule has 0 bridgehead atoms. The summed E-state index contributed by atoms with van der Waals surface area (Å²) < 4.78 is 0. The van der Waals surface area contributed by atoms with Gasteiger partial charge in [0.05, 0.1) is 6.10 Å². The Balaban J connectivity index is 2.11. The summed E-state index contributed by atoms with van der Waals surface area (Å²) in [7, 11) is 4.19. The van der Waals surface area contributed by atoms with E-state index >= 15 is 0 Å². The van der Waals surface area contributed by atoms with Crippen LogP contribution in [0.25, 0.3) is 0 Å². The molecule has 1 aliphatic carbocycles. The Morgan fingerprint density at radius 1 is 1.33 bits per heavy atom. The minimum Gasteiger partial charge on any atom is -0.391 e. The van der Waals surface area contributed by atoms with Gasteiger partial charge in [-0.3, -0.25) is 4.98 Å². The lowest BCUT2D eigenvalue weighted by Crippen LogP contribution is -2.55. The van der Waals surface area contributed by atoms with Gasteiger partial charge in [0.1, 0.15) is 0 Å². The molecule has 3 nitrogen and oxygen atoms in total. The largest absolute Gasteiger partial charge is 0.391 e. The summed E-state index contributed by atoms with van der Waals surface area (Å²) >= 11 is 0. The first-order valence-electron chi connectivity index (χ1n) is 6.89. The number of rotatable bonds is 4. The van der Waals surface area contributed by atoms with Crippen molar-refractivity contribution in [3.8, 4) is 0 Å². The molecule has 1 aromatic rings. The van der Waals surface area contributed by atoms with Crippen LogP contribution in [-0.4, -0.2) is 40.7 Å². The monoisotopic (exact) mass is 248 g/mol. The summed E-state index contributed by atoms with van der Waals surface area (Å²) in [6.07, 6.45) is 9.97. The van der Waals surface area contributed by atoms with Gasteiger partial charge in [-0.2, -0.15) is 0 Å².